The lowest BCUT2D eigenvalue weighted by Crippen LogP contribution is -2.14. The number of hydrogen-bond donors (Lipinski definition) is 1. The molecule has 0 amide bonds. The standard InChI is InChI=1S/C14H17FN4O2/c1-8-7-9(15)5-6-10(8)18-13(16)11(19(20)21)12(17-18)14(2,3)4/h5-7H,16H2,1-4H3. The van der Waals surface area contributed by atoms with Crippen molar-refractivity contribution in [3.63, 3.8) is 0 Å². The lowest BCUT2D eigenvalue weighted by molar-refractivity contribution is -0.385. The molecule has 0 aliphatic rings. The molecule has 1 aromatic heterocycles. The molecule has 0 unspecified atom stereocenters. The Morgan fingerprint density at radius 2 is 2.00 bits per heavy atom. The summed E-state index contributed by atoms with van der Waals surface area (Å²) in [4.78, 5) is 10.8. The molecule has 0 saturated heterocycles. The van der Waals surface area contributed by atoms with Crippen LogP contribution in [0.4, 0.5) is 15.9 Å². The van der Waals surface area contributed by atoms with Crippen molar-refractivity contribution in [2.75, 3.05) is 5.73 Å². The van der Waals surface area contributed by atoms with Gasteiger partial charge in [-0.25, -0.2) is 9.07 Å². The third-order valence-electron chi connectivity index (χ3n) is 3.18. The molecule has 0 aliphatic heterocycles. The van der Waals surface area contributed by atoms with Crippen molar-refractivity contribution < 1.29 is 9.31 Å². The number of hydrogen-bond acceptors (Lipinski definition) is 4. The van der Waals surface area contributed by atoms with E-state index >= 15 is 0 Å². The number of nitrogen functional groups attached to an aromatic ring is 1. The maximum absolute atomic E-state index is 13.2. The molecule has 7 heteroatoms. The molecule has 0 spiro atoms. The van der Waals surface area contributed by atoms with Crippen LogP contribution in [0.15, 0.2) is 18.2 Å². The fraction of sp³-hybridized carbons (Fsp3) is 0.357. The molecule has 0 aliphatic carbocycles. The largest absolute Gasteiger partial charge is 0.378 e. The smallest absolute Gasteiger partial charge is 0.334 e. The van der Waals surface area contributed by atoms with E-state index in [1.54, 1.807) is 6.92 Å². The van der Waals surface area contributed by atoms with Gasteiger partial charge in [-0.1, -0.05) is 20.8 Å². The van der Waals surface area contributed by atoms with Gasteiger partial charge in [0.15, 0.2) is 0 Å². The number of rotatable bonds is 2. The second-order valence-corrected chi connectivity index (χ2v) is 5.93. The summed E-state index contributed by atoms with van der Waals surface area (Å²) < 4.78 is 14.5. The minimum absolute atomic E-state index is 0.0559. The van der Waals surface area contributed by atoms with Crippen LogP contribution in [-0.2, 0) is 5.41 Å². The first kappa shape index (κ1) is 15.0. The van der Waals surface area contributed by atoms with E-state index in [0.717, 1.165) is 0 Å². The molecule has 2 rings (SSSR count). The Kier molecular flexibility index (Phi) is 3.44. The summed E-state index contributed by atoms with van der Waals surface area (Å²) in [6.45, 7) is 7.17. The van der Waals surface area contributed by atoms with Gasteiger partial charge >= 0.3 is 5.69 Å². The molecule has 0 atom stereocenters. The Morgan fingerprint density at radius 1 is 1.38 bits per heavy atom. The minimum Gasteiger partial charge on any atom is -0.378 e. The third-order valence-corrected chi connectivity index (χ3v) is 3.18. The van der Waals surface area contributed by atoms with Crippen molar-refractivity contribution in [1.82, 2.24) is 9.78 Å². The lowest BCUT2D eigenvalue weighted by Gasteiger charge is -2.13. The van der Waals surface area contributed by atoms with E-state index in [1.807, 2.05) is 20.8 Å². The van der Waals surface area contributed by atoms with Gasteiger partial charge in [-0.3, -0.25) is 10.1 Å². The minimum atomic E-state index is -0.532. The molecule has 2 N–H and O–H groups in total. The van der Waals surface area contributed by atoms with E-state index in [9.17, 15) is 14.5 Å². The van der Waals surface area contributed by atoms with Gasteiger partial charge in [-0.05, 0) is 30.7 Å². The number of halogens is 1. The Labute approximate surface area is 121 Å². The highest BCUT2D eigenvalue weighted by molar-refractivity contribution is 5.62. The highest BCUT2D eigenvalue weighted by atomic mass is 19.1. The van der Waals surface area contributed by atoms with Gasteiger partial charge in [0.25, 0.3) is 0 Å². The van der Waals surface area contributed by atoms with Crippen LogP contribution in [0.1, 0.15) is 32.0 Å². The summed E-state index contributed by atoms with van der Waals surface area (Å²) >= 11 is 0. The Morgan fingerprint density at radius 3 is 2.43 bits per heavy atom. The van der Waals surface area contributed by atoms with Gasteiger partial charge in [-0.2, -0.15) is 5.10 Å². The molecule has 0 bridgehead atoms. The van der Waals surface area contributed by atoms with Gasteiger partial charge < -0.3 is 5.73 Å². The zero-order valence-corrected chi connectivity index (χ0v) is 12.3. The molecule has 1 heterocycles. The summed E-state index contributed by atoms with van der Waals surface area (Å²) in [5.74, 6) is -0.438. The van der Waals surface area contributed by atoms with Crippen molar-refractivity contribution in [1.29, 1.82) is 0 Å². The van der Waals surface area contributed by atoms with E-state index in [-0.39, 0.29) is 17.3 Å². The second-order valence-electron chi connectivity index (χ2n) is 5.93. The SMILES string of the molecule is Cc1cc(F)ccc1-n1nc(C(C)(C)C)c([N+](=O)[O-])c1N. The predicted molar refractivity (Wildman–Crippen MR) is 78.0 cm³/mol. The molecule has 6 nitrogen and oxygen atoms in total. The quantitative estimate of drug-likeness (QED) is 0.680. The van der Waals surface area contributed by atoms with Gasteiger partial charge in [-0.15, -0.1) is 0 Å². The fourth-order valence-electron chi connectivity index (χ4n) is 2.15. The molecule has 0 saturated carbocycles. The van der Waals surface area contributed by atoms with Crippen LogP contribution in [0.5, 0.6) is 0 Å². The number of nitro groups is 1. The summed E-state index contributed by atoms with van der Waals surface area (Å²) in [5.41, 5.74) is 6.59. The molecule has 112 valence electrons. The lowest BCUT2D eigenvalue weighted by atomic mass is 9.91. The van der Waals surface area contributed by atoms with E-state index in [0.29, 0.717) is 16.9 Å². The molecule has 1 aromatic carbocycles. The number of aryl methyl sites for hydroxylation is 1. The number of anilines is 1. The maximum Gasteiger partial charge on any atom is 0.334 e. The molecule has 2 aromatic rings. The predicted octanol–water partition coefficient (Wildman–Crippen LogP) is 3.11. The number of benzene rings is 1. The van der Waals surface area contributed by atoms with Crippen molar-refractivity contribution in [3.8, 4) is 5.69 Å². The van der Waals surface area contributed by atoms with Gasteiger partial charge in [0.05, 0.1) is 10.6 Å². The van der Waals surface area contributed by atoms with Gasteiger partial charge in [0.2, 0.25) is 5.82 Å². The van der Waals surface area contributed by atoms with Crippen molar-refractivity contribution in [2.45, 2.75) is 33.1 Å². The van der Waals surface area contributed by atoms with Crippen LogP contribution < -0.4 is 5.73 Å². The molecular formula is C14H17FN4O2. The van der Waals surface area contributed by atoms with Crippen LogP contribution in [-0.4, -0.2) is 14.7 Å². The van der Waals surface area contributed by atoms with Crippen LogP contribution in [0, 0.1) is 22.9 Å². The highest BCUT2D eigenvalue weighted by Gasteiger charge is 2.34. The first-order valence-electron chi connectivity index (χ1n) is 6.43. The fourth-order valence-corrected chi connectivity index (χ4v) is 2.15. The molecule has 0 fully saturated rings. The van der Waals surface area contributed by atoms with E-state index < -0.39 is 10.3 Å². The highest BCUT2D eigenvalue weighted by Crippen LogP contribution is 2.36. The zero-order chi connectivity index (χ0) is 15.9. The topological polar surface area (TPSA) is 87.0 Å². The summed E-state index contributed by atoms with van der Waals surface area (Å²) in [7, 11) is 0. The first-order valence-corrected chi connectivity index (χ1v) is 6.43. The Hall–Kier alpha value is -2.44. The second kappa shape index (κ2) is 4.83. The monoisotopic (exact) mass is 292 g/mol. The number of nitrogens with zero attached hydrogens (tertiary/aromatic N) is 3. The van der Waals surface area contributed by atoms with E-state index in [2.05, 4.69) is 5.10 Å². The third kappa shape index (κ3) is 2.58. The molecular weight excluding hydrogens is 275 g/mol. The maximum atomic E-state index is 13.2. The summed E-state index contributed by atoms with van der Waals surface area (Å²) in [6.07, 6.45) is 0. The Balaban J connectivity index is 2.74. The van der Waals surface area contributed by atoms with Crippen LogP contribution in [0.2, 0.25) is 0 Å². The molecule has 21 heavy (non-hydrogen) atoms. The molecule has 0 radical (unpaired) electrons. The van der Waals surface area contributed by atoms with Crippen molar-refractivity contribution in [2.24, 2.45) is 0 Å². The van der Waals surface area contributed by atoms with Gasteiger partial charge in [0, 0.05) is 5.41 Å². The average Bonchev–Trinajstić information content (AvgIpc) is 2.67. The van der Waals surface area contributed by atoms with Crippen LogP contribution >= 0.6 is 0 Å². The Bertz CT molecular complexity index is 716. The van der Waals surface area contributed by atoms with Crippen LogP contribution in [0.25, 0.3) is 5.69 Å². The first-order chi connectivity index (χ1) is 9.62. The average molecular weight is 292 g/mol. The van der Waals surface area contributed by atoms with Crippen molar-refractivity contribution >= 4 is 11.5 Å². The normalized spacial score (nSPS) is 11.7. The van der Waals surface area contributed by atoms with Gasteiger partial charge in [0.1, 0.15) is 11.5 Å². The van der Waals surface area contributed by atoms with E-state index in [1.165, 1.54) is 22.9 Å². The number of nitrogens with two attached hydrogens (primary N) is 1. The number of aromatic nitrogens is 2. The zero-order valence-electron chi connectivity index (χ0n) is 12.3. The van der Waals surface area contributed by atoms with Crippen molar-refractivity contribution in [3.05, 3.63) is 45.4 Å². The van der Waals surface area contributed by atoms with E-state index in [4.69, 9.17) is 5.73 Å². The summed E-state index contributed by atoms with van der Waals surface area (Å²) in [6, 6.07) is 4.11. The van der Waals surface area contributed by atoms with Crippen LogP contribution in [0.3, 0.4) is 0 Å². The summed E-state index contributed by atoms with van der Waals surface area (Å²) in [5, 5.41) is 15.6.